The van der Waals surface area contributed by atoms with E-state index in [9.17, 15) is 8.42 Å². The van der Waals surface area contributed by atoms with Gasteiger partial charge in [0.05, 0.1) is 6.20 Å². The fourth-order valence-electron chi connectivity index (χ4n) is 1.81. The van der Waals surface area contributed by atoms with Crippen LogP contribution in [0, 0.1) is 0 Å². The number of nitrogens with zero attached hydrogens (tertiary/aromatic N) is 3. The largest absolute Gasteiger partial charge is 0.315 e. The van der Waals surface area contributed by atoms with Gasteiger partial charge in [0, 0.05) is 26.7 Å². The first-order valence-electron chi connectivity index (χ1n) is 5.31. The van der Waals surface area contributed by atoms with Crippen molar-refractivity contribution in [1.29, 1.82) is 0 Å². The number of aromatic nitrogens is 2. The van der Waals surface area contributed by atoms with E-state index in [1.54, 1.807) is 7.05 Å². The van der Waals surface area contributed by atoms with Crippen molar-refractivity contribution in [3.05, 3.63) is 12.3 Å². The Hall–Kier alpha value is -0.630. The Morgan fingerprint density at radius 2 is 2.12 bits per heavy atom. The van der Waals surface area contributed by atoms with Crippen molar-refractivity contribution in [3.8, 4) is 0 Å². The summed E-state index contributed by atoms with van der Waals surface area (Å²) >= 11 is 0. The van der Waals surface area contributed by atoms with Crippen molar-refractivity contribution in [2.45, 2.75) is 11.4 Å². The van der Waals surface area contributed by atoms with Gasteiger partial charge in [-0.2, -0.15) is 9.40 Å². The summed E-state index contributed by atoms with van der Waals surface area (Å²) < 4.78 is 27.4. The average Bonchev–Trinajstić information content (AvgIpc) is 2.55. The van der Waals surface area contributed by atoms with E-state index in [2.05, 4.69) is 10.4 Å². The normalized spacial score (nSPS) is 18.4. The molecule has 0 bridgehead atoms. The smallest absolute Gasteiger partial charge is 0.260 e. The van der Waals surface area contributed by atoms with Gasteiger partial charge in [0.2, 0.25) is 0 Å². The summed E-state index contributed by atoms with van der Waals surface area (Å²) in [6.07, 6.45) is 2.35. The van der Waals surface area contributed by atoms with E-state index in [1.807, 2.05) is 0 Å². The van der Waals surface area contributed by atoms with Crippen molar-refractivity contribution in [1.82, 2.24) is 19.4 Å². The number of rotatable bonds is 2. The third-order valence-corrected chi connectivity index (χ3v) is 4.65. The molecule has 0 amide bonds. The van der Waals surface area contributed by atoms with Crippen LogP contribution in [-0.4, -0.2) is 48.7 Å². The Balaban J connectivity index is 0.00000144. The van der Waals surface area contributed by atoms with Crippen LogP contribution in [0.5, 0.6) is 0 Å². The number of sulfonamides is 1. The second-order valence-corrected chi connectivity index (χ2v) is 5.69. The molecule has 0 atom stereocenters. The van der Waals surface area contributed by atoms with Crippen molar-refractivity contribution < 1.29 is 8.42 Å². The lowest BCUT2D eigenvalue weighted by molar-refractivity contribution is 0.425. The number of aryl methyl sites for hydroxylation is 1. The lowest BCUT2D eigenvalue weighted by atomic mass is 10.4. The van der Waals surface area contributed by atoms with Gasteiger partial charge in [-0.3, -0.25) is 4.68 Å². The molecular formula is C9H17ClN4O2S. The minimum absolute atomic E-state index is 0. The Morgan fingerprint density at radius 3 is 2.76 bits per heavy atom. The monoisotopic (exact) mass is 280 g/mol. The molecule has 0 spiro atoms. The summed E-state index contributed by atoms with van der Waals surface area (Å²) in [7, 11) is -1.74. The minimum atomic E-state index is -3.38. The summed E-state index contributed by atoms with van der Waals surface area (Å²) in [6, 6.07) is 1.54. The van der Waals surface area contributed by atoms with Gasteiger partial charge < -0.3 is 5.32 Å². The van der Waals surface area contributed by atoms with Gasteiger partial charge in [-0.05, 0) is 19.0 Å². The maximum atomic E-state index is 12.3. The van der Waals surface area contributed by atoms with Crippen LogP contribution in [0.3, 0.4) is 0 Å². The molecule has 1 N–H and O–H groups in total. The van der Waals surface area contributed by atoms with Gasteiger partial charge in [-0.1, -0.05) is 0 Å². The third-order valence-electron chi connectivity index (χ3n) is 2.68. The zero-order valence-corrected chi connectivity index (χ0v) is 11.3. The molecule has 1 aliphatic heterocycles. The molecule has 1 saturated heterocycles. The maximum absolute atomic E-state index is 12.3. The van der Waals surface area contributed by atoms with Crippen molar-refractivity contribution in [2.24, 2.45) is 7.05 Å². The Labute approximate surface area is 107 Å². The average molecular weight is 281 g/mol. The van der Waals surface area contributed by atoms with Crippen molar-refractivity contribution >= 4 is 22.4 Å². The quantitative estimate of drug-likeness (QED) is 0.817. The van der Waals surface area contributed by atoms with Gasteiger partial charge in [0.25, 0.3) is 10.0 Å². The van der Waals surface area contributed by atoms with Gasteiger partial charge >= 0.3 is 0 Å². The first kappa shape index (κ1) is 14.4. The highest BCUT2D eigenvalue weighted by atomic mass is 35.5. The summed E-state index contributed by atoms with van der Waals surface area (Å²) in [5.41, 5.74) is 0. The molecule has 1 aliphatic rings. The third kappa shape index (κ3) is 2.98. The zero-order valence-electron chi connectivity index (χ0n) is 9.66. The molecule has 8 heteroatoms. The molecule has 0 unspecified atom stereocenters. The molecule has 2 heterocycles. The summed E-state index contributed by atoms with van der Waals surface area (Å²) in [5.74, 6) is 0. The Bertz CT molecular complexity index is 451. The summed E-state index contributed by atoms with van der Waals surface area (Å²) in [4.78, 5) is 0. The van der Waals surface area contributed by atoms with Crippen LogP contribution in [0.2, 0.25) is 0 Å². The molecule has 1 aromatic rings. The lowest BCUT2D eigenvalue weighted by Gasteiger charge is -2.19. The number of hydrogen-bond acceptors (Lipinski definition) is 4. The molecule has 6 nitrogen and oxygen atoms in total. The van der Waals surface area contributed by atoms with Gasteiger partial charge in [-0.15, -0.1) is 12.4 Å². The molecule has 1 aromatic heterocycles. The standard InChI is InChI=1S/C9H16N4O2S.ClH/c1-12-9(3-5-11-12)16(14,15)13-7-2-4-10-6-8-13;/h3,5,10H,2,4,6-8H2,1H3;1H. The molecule has 1 fully saturated rings. The predicted octanol–water partition coefficient (Wildman–Crippen LogP) is -0.174. The number of hydrogen-bond donors (Lipinski definition) is 1. The fraction of sp³-hybridized carbons (Fsp3) is 0.667. The Kier molecular flexibility index (Phi) is 4.93. The van der Waals surface area contributed by atoms with E-state index in [1.165, 1.54) is 21.3 Å². The highest BCUT2D eigenvalue weighted by Crippen LogP contribution is 2.14. The number of nitrogens with one attached hydrogen (secondary N) is 1. The van der Waals surface area contributed by atoms with Gasteiger partial charge in [0.1, 0.15) is 0 Å². The van der Waals surface area contributed by atoms with E-state index in [0.717, 1.165) is 13.0 Å². The highest BCUT2D eigenvalue weighted by molar-refractivity contribution is 7.89. The first-order valence-corrected chi connectivity index (χ1v) is 6.75. The fourth-order valence-corrected chi connectivity index (χ4v) is 3.39. The minimum Gasteiger partial charge on any atom is -0.315 e. The van der Waals surface area contributed by atoms with Crippen LogP contribution in [0.15, 0.2) is 17.3 Å². The SMILES string of the molecule is Cl.Cn1nccc1S(=O)(=O)N1CCCNCC1. The predicted molar refractivity (Wildman–Crippen MR) is 66.7 cm³/mol. The molecule has 0 aliphatic carbocycles. The second kappa shape index (κ2) is 5.81. The zero-order chi connectivity index (χ0) is 11.6. The van der Waals surface area contributed by atoms with Crippen LogP contribution in [0.1, 0.15) is 6.42 Å². The summed E-state index contributed by atoms with van der Waals surface area (Å²) in [5, 5.41) is 7.34. The van der Waals surface area contributed by atoms with Gasteiger partial charge in [-0.25, -0.2) is 8.42 Å². The molecule has 2 rings (SSSR count). The molecule has 98 valence electrons. The lowest BCUT2D eigenvalue weighted by Crippen LogP contribution is -2.35. The van der Waals surface area contributed by atoms with E-state index in [4.69, 9.17) is 0 Å². The molecule has 0 saturated carbocycles. The van der Waals surface area contributed by atoms with Crippen LogP contribution < -0.4 is 5.32 Å². The first-order chi connectivity index (χ1) is 7.62. The summed E-state index contributed by atoms with van der Waals surface area (Å²) in [6.45, 7) is 2.67. The van der Waals surface area contributed by atoms with E-state index >= 15 is 0 Å². The Morgan fingerprint density at radius 1 is 1.35 bits per heavy atom. The van der Waals surface area contributed by atoms with Crippen LogP contribution >= 0.6 is 12.4 Å². The van der Waals surface area contributed by atoms with Gasteiger partial charge in [0.15, 0.2) is 5.03 Å². The second-order valence-electron chi connectivity index (χ2n) is 3.80. The molecule has 0 aromatic carbocycles. The van der Waals surface area contributed by atoms with Crippen LogP contribution in [0.4, 0.5) is 0 Å². The molecule has 17 heavy (non-hydrogen) atoms. The van der Waals surface area contributed by atoms with E-state index in [-0.39, 0.29) is 17.4 Å². The van der Waals surface area contributed by atoms with E-state index in [0.29, 0.717) is 19.6 Å². The van der Waals surface area contributed by atoms with Crippen molar-refractivity contribution in [3.63, 3.8) is 0 Å². The van der Waals surface area contributed by atoms with Crippen LogP contribution in [-0.2, 0) is 17.1 Å². The molecular weight excluding hydrogens is 264 g/mol. The van der Waals surface area contributed by atoms with E-state index < -0.39 is 10.0 Å². The molecule has 0 radical (unpaired) electrons. The maximum Gasteiger partial charge on any atom is 0.260 e. The topological polar surface area (TPSA) is 67.2 Å². The highest BCUT2D eigenvalue weighted by Gasteiger charge is 2.27. The van der Waals surface area contributed by atoms with Crippen molar-refractivity contribution in [2.75, 3.05) is 26.2 Å². The number of halogens is 1. The van der Waals surface area contributed by atoms with Crippen LogP contribution in [0.25, 0.3) is 0 Å².